The summed E-state index contributed by atoms with van der Waals surface area (Å²) in [6.45, 7) is 10.3. The maximum absolute atomic E-state index is 12.0. The molecule has 0 fully saturated rings. The summed E-state index contributed by atoms with van der Waals surface area (Å²) in [6.07, 6.45) is 3.42. The molecule has 2 N–H and O–H groups in total. The molecule has 0 saturated carbocycles. The molecule has 0 aliphatic rings. The second-order valence-corrected chi connectivity index (χ2v) is 5.86. The first-order chi connectivity index (χ1) is 8.58. The van der Waals surface area contributed by atoms with Gasteiger partial charge in [0.25, 0.3) is 0 Å². The number of thioether (sulfide) groups is 1. The van der Waals surface area contributed by atoms with Crippen LogP contribution in [0.1, 0.15) is 5.69 Å². The van der Waals surface area contributed by atoms with E-state index < -0.39 is 0 Å². The minimum atomic E-state index is 0.0613. The van der Waals surface area contributed by atoms with Gasteiger partial charge in [0, 0.05) is 13.1 Å². The molecule has 0 aliphatic carbocycles. The summed E-state index contributed by atoms with van der Waals surface area (Å²) in [7, 11) is 0. The number of hydrogen-bond acceptors (Lipinski definition) is 5. The topological polar surface area (TPSA) is 59.2 Å². The van der Waals surface area contributed by atoms with E-state index >= 15 is 0 Å². The van der Waals surface area contributed by atoms with Gasteiger partial charge >= 0.3 is 0 Å². The molecule has 1 rings (SSSR count). The molecule has 0 saturated heterocycles. The van der Waals surface area contributed by atoms with E-state index in [0.717, 1.165) is 9.90 Å². The van der Waals surface area contributed by atoms with Crippen LogP contribution in [-0.4, -0.2) is 34.6 Å². The van der Waals surface area contributed by atoms with Crippen molar-refractivity contribution in [1.29, 1.82) is 0 Å². The Morgan fingerprint density at radius 1 is 1.50 bits per heavy atom. The molecule has 1 aromatic rings. The van der Waals surface area contributed by atoms with Gasteiger partial charge in [-0.25, -0.2) is 4.98 Å². The number of hydrogen-bond donors (Lipinski definition) is 1. The third kappa shape index (κ3) is 4.19. The molecule has 6 heteroatoms. The Morgan fingerprint density at radius 2 is 2.11 bits per heavy atom. The first-order valence-corrected chi connectivity index (χ1v) is 7.24. The standard InChI is InChI=1S/C12H17N3OS2/c1-4-6-15(7-5-2)10(16)8-17-11-9(3)14-12(13)18-11/h4-5H,1-2,6-8H2,3H3,(H2,13,14). The number of carbonyl (C=O) groups is 1. The van der Waals surface area contributed by atoms with Crippen LogP contribution in [0.15, 0.2) is 29.5 Å². The van der Waals surface area contributed by atoms with Gasteiger partial charge in [-0.1, -0.05) is 23.5 Å². The lowest BCUT2D eigenvalue weighted by molar-refractivity contribution is -0.127. The lowest BCUT2D eigenvalue weighted by Gasteiger charge is -2.18. The van der Waals surface area contributed by atoms with Gasteiger partial charge in [-0.3, -0.25) is 4.79 Å². The van der Waals surface area contributed by atoms with Crippen LogP contribution in [0.5, 0.6) is 0 Å². The molecule has 0 unspecified atom stereocenters. The van der Waals surface area contributed by atoms with Crippen LogP contribution in [0.25, 0.3) is 0 Å². The van der Waals surface area contributed by atoms with E-state index in [4.69, 9.17) is 5.73 Å². The largest absolute Gasteiger partial charge is 0.375 e. The number of rotatable bonds is 7. The number of amides is 1. The van der Waals surface area contributed by atoms with Gasteiger partial charge in [0.15, 0.2) is 5.13 Å². The molecule has 0 bridgehead atoms. The molecule has 4 nitrogen and oxygen atoms in total. The van der Waals surface area contributed by atoms with E-state index in [-0.39, 0.29) is 5.91 Å². The van der Waals surface area contributed by atoms with E-state index in [0.29, 0.717) is 24.0 Å². The fourth-order valence-electron chi connectivity index (χ4n) is 1.34. The first kappa shape index (κ1) is 14.8. The highest BCUT2D eigenvalue weighted by Crippen LogP contribution is 2.30. The lowest BCUT2D eigenvalue weighted by Crippen LogP contribution is -2.32. The van der Waals surface area contributed by atoms with Crippen LogP contribution in [0, 0.1) is 6.92 Å². The van der Waals surface area contributed by atoms with Crippen LogP contribution in [0.3, 0.4) is 0 Å². The van der Waals surface area contributed by atoms with Crippen molar-refractivity contribution < 1.29 is 4.79 Å². The number of thiazole rings is 1. The van der Waals surface area contributed by atoms with Gasteiger partial charge in [0.1, 0.15) is 0 Å². The quantitative estimate of drug-likeness (QED) is 0.616. The zero-order valence-electron chi connectivity index (χ0n) is 10.4. The van der Waals surface area contributed by atoms with Gasteiger partial charge in [0.2, 0.25) is 5.91 Å². The molecular formula is C12H17N3OS2. The van der Waals surface area contributed by atoms with Crippen LogP contribution in [0.2, 0.25) is 0 Å². The van der Waals surface area contributed by atoms with Crippen LogP contribution >= 0.6 is 23.1 Å². The Balaban J connectivity index is 2.55. The predicted molar refractivity (Wildman–Crippen MR) is 79.0 cm³/mol. The Hall–Kier alpha value is -1.27. The maximum Gasteiger partial charge on any atom is 0.233 e. The molecule has 1 heterocycles. The molecule has 0 aliphatic heterocycles. The molecule has 0 radical (unpaired) electrons. The zero-order valence-corrected chi connectivity index (χ0v) is 12.0. The molecule has 0 aromatic carbocycles. The number of aromatic nitrogens is 1. The number of nitrogens with zero attached hydrogens (tertiary/aromatic N) is 2. The highest BCUT2D eigenvalue weighted by molar-refractivity contribution is 8.01. The van der Waals surface area contributed by atoms with Crippen molar-refractivity contribution in [1.82, 2.24) is 9.88 Å². The Labute approximate surface area is 116 Å². The van der Waals surface area contributed by atoms with Gasteiger partial charge in [0.05, 0.1) is 15.7 Å². The number of anilines is 1. The highest BCUT2D eigenvalue weighted by Gasteiger charge is 2.13. The van der Waals surface area contributed by atoms with E-state index in [1.54, 1.807) is 17.1 Å². The monoisotopic (exact) mass is 283 g/mol. The SMILES string of the molecule is C=CCN(CC=C)C(=O)CSc1sc(N)nc1C. The van der Waals surface area contributed by atoms with Crippen molar-refractivity contribution in [2.45, 2.75) is 11.1 Å². The highest BCUT2D eigenvalue weighted by atomic mass is 32.2. The van der Waals surface area contributed by atoms with Gasteiger partial charge in [-0.05, 0) is 6.92 Å². The Kier molecular flexibility index (Phi) is 5.94. The van der Waals surface area contributed by atoms with Crippen molar-refractivity contribution in [3.63, 3.8) is 0 Å². The van der Waals surface area contributed by atoms with E-state index in [1.165, 1.54) is 23.1 Å². The fourth-order valence-corrected chi connectivity index (χ4v) is 3.27. The van der Waals surface area contributed by atoms with E-state index in [9.17, 15) is 4.79 Å². The van der Waals surface area contributed by atoms with E-state index in [2.05, 4.69) is 18.1 Å². The maximum atomic E-state index is 12.0. The summed E-state index contributed by atoms with van der Waals surface area (Å²) >= 11 is 2.89. The minimum Gasteiger partial charge on any atom is -0.375 e. The third-order valence-corrected chi connectivity index (χ3v) is 4.48. The average molecular weight is 283 g/mol. The predicted octanol–water partition coefficient (Wildman–Crippen LogP) is 2.33. The number of nitrogen functional groups attached to an aromatic ring is 1. The molecule has 18 heavy (non-hydrogen) atoms. The molecule has 1 aromatic heterocycles. The fraction of sp³-hybridized carbons (Fsp3) is 0.333. The average Bonchev–Trinajstić information content (AvgIpc) is 2.64. The molecule has 0 spiro atoms. The van der Waals surface area contributed by atoms with E-state index in [1.807, 2.05) is 6.92 Å². The summed E-state index contributed by atoms with van der Waals surface area (Å²) in [6, 6.07) is 0. The van der Waals surface area contributed by atoms with Gasteiger partial charge < -0.3 is 10.6 Å². The van der Waals surface area contributed by atoms with Crippen molar-refractivity contribution in [3.8, 4) is 0 Å². The van der Waals surface area contributed by atoms with Gasteiger partial charge in [-0.15, -0.1) is 24.9 Å². The lowest BCUT2D eigenvalue weighted by atomic mass is 10.4. The molecule has 1 amide bonds. The summed E-state index contributed by atoms with van der Waals surface area (Å²) in [4.78, 5) is 17.8. The third-order valence-electron chi connectivity index (χ3n) is 2.15. The van der Waals surface area contributed by atoms with Crippen molar-refractivity contribution in [2.75, 3.05) is 24.6 Å². The summed E-state index contributed by atoms with van der Waals surface area (Å²) < 4.78 is 0.998. The van der Waals surface area contributed by atoms with Crippen molar-refractivity contribution >= 4 is 34.1 Å². The second-order valence-electron chi connectivity index (χ2n) is 3.59. The smallest absolute Gasteiger partial charge is 0.233 e. The van der Waals surface area contributed by atoms with Crippen molar-refractivity contribution in [3.05, 3.63) is 31.0 Å². The number of nitrogens with two attached hydrogens (primary N) is 1. The molecular weight excluding hydrogens is 266 g/mol. The molecule has 0 atom stereocenters. The number of carbonyl (C=O) groups excluding carboxylic acids is 1. The summed E-state index contributed by atoms with van der Waals surface area (Å²) in [5, 5.41) is 0.538. The Bertz CT molecular complexity index is 433. The number of aryl methyl sites for hydroxylation is 1. The summed E-state index contributed by atoms with van der Waals surface area (Å²) in [5.74, 6) is 0.440. The Morgan fingerprint density at radius 3 is 2.56 bits per heavy atom. The first-order valence-electron chi connectivity index (χ1n) is 5.43. The van der Waals surface area contributed by atoms with Gasteiger partial charge in [-0.2, -0.15) is 0 Å². The van der Waals surface area contributed by atoms with Crippen molar-refractivity contribution in [2.24, 2.45) is 0 Å². The second kappa shape index (κ2) is 7.23. The molecule has 98 valence electrons. The zero-order chi connectivity index (χ0) is 13.5. The van der Waals surface area contributed by atoms with Crippen LogP contribution in [-0.2, 0) is 4.79 Å². The van der Waals surface area contributed by atoms with Crippen LogP contribution in [0.4, 0.5) is 5.13 Å². The van der Waals surface area contributed by atoms with Crippen LogP contribution < -0.4 is 5.73 Å². The summed E-state index contributed by atoms with van der Waals surface area (Å²) in [5.41, 5.74) is 6.50. The normalized spacial score (nSPS) is 10.1. The minimum absolute atomic E-state index is 0.0613.